The fourth-order valence-corrected chi connectivity index (χ4v) is 3.29. The van der Waals surface area contributed by atoms with Gasteiger partial charge in [-0.05, 0) is 40.7 Å². The molecule has 1 atom stereocenters. The van der Waals surface area contributed by atoms with Gasteiger partial charge in [0, 0.05) is 18.4 Å². The van der Waals surface area contributed by atoms with E-state index in [0.29, 0.717) is 0 Å². The van der Waals surface area contributed by atoms with Crippen molar-refractivity contribution >= 4 is 22.5 Å². The summed E-state index contributed by atoms with van der Waals surface area (Å²) in [6.45, 7) is 1.81. The lowest BCUT2D eigenvalue weighted by Gasteiger charge is -2.11. The maximum Gasteiger partial charge on any atom is 0.303 e. The van der Waals surface area contributed by atoms with Gasteiger partial charge < -0.3 is 5.11 Å². The minimum atomic E-state index is -0.851. The molecule has 3 heteroatoms. The van der Waals surface area contributed by atoms with Gasteiger partial charge in [-0.1, -0.05) is 37.3 Å². The summed E-state index contributed by atoms with van der Waals surface area (Å²) in [5, 5.41) is 11.1. The molecule has 1 aliphatic carbocycles. The minimum Gasteiger partial charge on any atom is -0.481 e. The third-order valence-corrected chi connectivity index (χ3v) is 4.23. The maximum atomic E-state index is 12.5. The summed E-state index contributed by atoms with van der Waals surface area (Å²) in [7, 11) is 0. The first kappa shape index (κ1) is 13.8. The number of hydrogen-bond acceptors (Lipinski definition) is 2. The first-order valence-electron chi connectivity index (χ1n) is 7.34. The lowest BCUT2D eigenvalue weighted by atomic mass is 9.92. The Balaban J connectivity index is 1.95. The van der Waals surface area contributed by atoms with Crippen molar-refractivity contribution in [3.05, 3.63) is 47.0 Å². The molecule has 0 heterocycles. The molecule has 1 aliphatic rings. The number of rotatable bonds is 5. The quantitative estimate of drug-likeness (QED) is 0.852. The molecule has 3 rings (SSSR count). The van der Waals surface area contributed by atoms with Gasteiger partial charge in [-0.15, -0.1) is 0 Å². The van der Waals surface area contributed by atoms with Crippen molar-refractivity contribution in [3.63, 3.8) is 0 Å². The Hall–Kier alpha value is -2.16. The van der Waals surface area contributed by atoms with Crippen LogP contribution >= 0.6 is 0 Å². The molecule has 0 fully saturated rings. The van der Waals surface area contributed by atoms with Crippen molar-refractivity contribution in [1.29, 1.82) is 0 Å². The molecule has 3 nitrogen and oxygen atoms in total. The monoisotopic (exact) mass is 282 g/mol. The number of benzene rings is 2. The number of hydrogen-bond donors (Lipinski definition) is 1. The number of aryl methyl sites for hydroxylation is 2. The molecule has 0 aromatic heterocycles. The standard InChI is InChI=1S/C18H18O3/c1-11(10-17(20)21)9-16(19)14-8-7-13-6-5-12-3-2-4-15(14)18(12)13/h2-4,7-8,11H,5-6,9-10H2,1H3,(H,20,21). The summed E-state index contributed by atoms with van der Waals surface area (Å²) in [4.78, 5) is 23.2. The highest BCUT2D eigenvalue weighted by Crippen LogP contribution is 2.33. The molecule has 2 aromatic rings. The smallest absolute Gasteiger partial charge is 0.303 e. The second-order valence-corrected chi connectivity index (χ2v) is 5.94. The van der Waals surface area contributed by atoms with Gasteiger partial charge in [0.05, 0.1) is 0 Å². The fourth-order valence-electron chi connectivity index (χ4n) is 3.29. The van der Waals surface area contributed by atoms with Crippen LogP contribution in [0.2, 0.25) is 0 Å². The van der Waals surface area contributed by atoms with Gasteiger partial charge in [-0.25, -0.2) is 0 Å². The van der Waals surface area contributed by atoms with E-state index in [9.17, 15) is 9.59 Å². The normalized spacial score (nSPS) is 14.3. The summed E-state index contributed by atoms with van der Waals surface area (Å²) in [5.41, 5.74) is 3.36. The van der Waals surface area contributed by atoms with E-state index in [4.69, 9.17) is 5.11 Å². The highest BCUT2D eigenvalue weighted by molar-refractivity contribution is 6.10. The van der Waals surface area contributed by atoms with Gasteiger partial charge in [0.2, 0.25) is 0 Å². The van der Waals surface area contributed by atoms with Crippen LogP contribution in [-0.4, -0.2) is 16.9 Å². The number of Topliss-reactive ketones (excluding diaryl/α,β-unsaturated/α-hetero) is 1. The summed E-state index contributed by atoms with van der Waals surface area (Å²) in [6.07, 6.45) is 2.40. The highest BCUT2D eigenvalue weighted by atomic mass is 16.4. The van der Waals surface area contributed by atoms with Crippen molar-refractivity contribution in [1.82, 2.24) is 0 Å². The lowest BCUT2D eigenvalue weighted by Crippen LogP contribution is -2.10. The van der Waals surface area contributed by atoms with Gasteiger partial charge in [0.1, 0.15) is 0 Å². The van der Waals surface area contributed by atoms with Crippen LogP contribution in [0.1, 0.15) is 41.3 Å². The summed E-state index contributed by atoms with van der Waals surface area (Å²) >= 11 is 0. The molecule has 0 amide bonds. The third-order valence-electron chi connectivity index (χ3n) is 4.23. The van der Waals surface area contributed by atoms with Crippen LogP contribution in [0.5, 0.6) is 0 Å². The Kier molecular flexibility index (Phi) is 3.50. The van der Waals surface area contributed by atoms with Crippen LogP contribution in [0.25, 0.3) is 10.8 Å². The predicted molar refractivity (Wildman–Crippen MR) is 81.7 cm³/mol. The SMILES string of the molecule is CC(CC(=O)O)CC(=O)c1ccc2c3c(cccc13)CC2. The Bertz CT molecular complexity index is 720. The van der Waals surface area contributed by atoms with E-state index in [-0.39, 0.29) is 24.5 Å². The van der Waals surface area contributed by atoms with E-state index in [1.54, 1.807) is 0 Å². The van der Waals surface area contributed by atoms with Crippen molar-refractivity contribution in [2.24, 2.45) is 5.92 Å². The van der Waals surface area contributed by atoms with Crippen LogP contribution in [0, 0.1) is 5.92 Å². The molecule has 0 bridgehead atoms. The molecule has 0 radical (unpaired) electrons. The minimum absolute atomic E-state index is 0.0347. The molecule has 21 heavy (non-hydrogen) atoms. The molecule has 0 saturated heterocycles. The van der Waals surface area contributed by atoms with Crippen LogP contribution in [0.3, 0.4) is 0 Å². The van der Waals surface area contributed by atoms with E-state index in [1.807, 2.05) is 31.2 Å². The zero-order valence-corrected chi connectivity index (χ0v) is 12.1. The van der Waals surface area contributed by atoms with Crippen LogP contribution in [0.4, 0.5) is 0 Å². The van der Waals surface area contributed by atoms with E-state index < -0.39 is 5.97 Å². The average Bonchev–Trinajstić information content (AvgIpc) is 2.83. The molecular weight excluding hydrogens is 264 g/mol. The van der Waals surface area contributed by atoms with E-state index in [2.05, 4.69) is 6.07 Å². The second kappa shape index (κ2) is 5.32. The number of ketones is 1. The number of carbonyl (C=O) groups is 2. The number of carboxylic acids is 1. The number of carboxylic acid groups (broad SMARTS) is 1. The van der Waals surface area contributed by atoms with Gasteiger partial charge in [0.15, 0.2) is 5.78 Å². The van der Waals surface area contributed by atoms with Gasteiger partial charge in [-0.2, -0.15) is 0 Å². The number of carbonyl (C=O) groups excluding carboxylic acids is 1. The van der Waals surface area contributed by atoms with Crippen molar-refractivity contribution in [2.45, 2.75) is 32.6 Å². The van der Waals surface area contributed by atoms with E-state index in [1.165, 1.54) is 16.5 Å². The van der Waals surface area contributed by atoms with Gasteiger partial charge >= 0.3 is 5.97 Å². The molecular formula is C18H18O3. The molecule has 2 aromatic carbocycles. The Morgan fingerprint density at radius 3 is 2.52 bits per heavy atom. The van der Waals surface area contributed by atoms with Gasteiger partial charge in [-0.3, -0.25) is 9.59 Å². The predicted octanol–water partition coefficient (Wildman–Crippen LogP) is 3.62. The molecule has 1 N–H and O–H groups in total. The van der Waals surface area contributed by atoms with Crippen molar-refractivity contribution in [2.75, 3.05) is 0 Å². The summed E-state index contributed by atoms with van der Waals surface area (Å²) < 4.78 is 0. The Morgan fingerprint density at radius 2 is 1.81 bits per heavy atom. The topological polar surface area (TPSA) is 54.4 Å². The second-order valence-electron chi connectivity index (χ2n) is 5.94. The first-order valence-corrected chi connectivity index (χ1v) is 7.34. The third kappa shape index (κ3) is 2.56. The lowest BCUT2D eigenvalue weighted by molar-refractivity contribution is -0.137. The largest absolute Gasteiger partial charge is 0.481 e. The zero-order chi connectivity index (χ0) is 15.0. The maximum absolute atomic E-state index is 12.5. The Labute approximate surface area is 123 Å². The van der Waals surface area contributed by atoms with Crippen LogP contribution in [-0.2, 0) is 17.6 Å². The van der Waals surface area contributed by atoms with Crippen molar-refractivity contribution < 1.29 is 14.7 Å². The van der Waals surface area contributed by atoms with Gasteiger partial charge in [0.25, 0.3) is 0 Å². The van der Waals surface area contributed by atoms with Crippen LogP contribution in [0.15, 0.2) is 30.3 Å². The molecule has 0 saturated carbocycles. The Morgan fingerprint density at radius 1 is 1.10 bits per heavy atom. The van der Waals surface area contributed by atoms with Crippen molar-refractivity contribution in [3.8, 4) is 0 Å². The summed E-state index contributed by atoms with van der Waals surface area (Å²) in [5.74, 6) is -0.951. The van der Waals surface area contributed by atoms with E-state index in [0.717, 1.165) is 23.8 Å². The zero-order valence-electron chi connectivity index (χ0n) is 12.1. The molecule has 0 aliphatic heterocycles. The van der Waals surface area contributed by atoms with Crippen LogP contribution < -0.4 is 0 Å². The molecule has 0 spiro atoms. The highest BCUT2D eigenvalue weighted by Gasteiger charge is 2.20. The first-order chi connectivity index (χ1) is 10.1. The fraction of sp³-hybridized carbons (Fsp3) is 0.333. The number of aliphatic carboxylic acids is 1. The average molecular weight is 282 g/mol. The van der Waals surface area contributed by atoms with E-state index >= 15 is 0 Å². The molecule has 108 valence electrons. The molecule has 1 unspecified atom stereocenters. The summed E-state index contributed by atoms with van der Waals surface area (Å²) in [6, 6.07) is 10.1.